The molecule has 0 spiro atoms. The largest absolute Gasteiger partial charge is 1.00 e. The number of hydrogen-bond acceptors (Lipinski definition) is 6. The molecule has 0 saturated heterocycles. The zero-order valence-corrected chi connectivity index (χ0v) is 25.1. The van der Waals surface area contributed by atoms with Crippen molar-refractivity contribution < 1.29 is 40.2 Å². The van der Waals surface area contributed by atoms with Crippen molar-refractivity contribution in [3.63, 3.8) is 0 Å². The van der Waals surface area contributed by atoms with Gasteiger partial charge in [0.1, 0.15) is 30.3 Å². The second-order valence-electron chi connectivity index (χ2n) is 9.94. The van der Waals surface area contributed by atoms with Crippen LogP contribution in [-0.2, 0) is 18.7 Å². The number of thiazole rings is 1. The van der Waals surface area contributed by atoms with Crippen molar-refractivity contribution >= 4 is 17.1 Å². The number of halogens is 3. The average molecular weight is 651 g/mol. The predicted molar refractivity (Wildman–Crippen MR) is 149 cm³/mol. The number of ketones is 1. The molecule has 2 aromatic heterocycles. The van der Waals surface area contributed by atoms with Crippen LogP contribution in [0.4, 0.5) is 8.78 Å². The molecule has 0 aliphatic rings. The molecule has 0 saturated carbocycles. The van der Waals surface area contributed by atoms with Gasteiger partial charge in [0.25, 0.3) is 6.33 Å². The molecule has 0 bridgehead atoms. The Morgan fingerprint density at radius 1 is 1.14 bits per heavy atom. The Hall–Kier alpha value is -4.11. The van der Waals surface area contributed by atoms with Crippen LogP contribution in [0.15, 0.2) is 84.8 Å². The molecule has 0 fully saturated rings. The molecule has 5 aromatic rings. The molecular formula is C31H26BrF2N5O2S. The van der Waals surface area contributed by atoms with Gasteiger partial charge in [-0.1, -0.05) is 36.8 Å². The van der Waals surface area contributed by atoms with E-state index in [1.165, 1.54) is 33.2 Å². The van der Waals surface area contributed by atoms with Crippen molar-refractivity contribution in [2.75, 3.05) is 0 Å². The summed E-state index contributed by atoms with van der Waals surface area (Å²) in [6.45, 7) is 3.44. The number of carbonyl (C=O) groups is 1. The predicted octanol–water partition coefficient (Wildman–Crippen LogP) is 2.33. The number of carbonyl (C=O) groups excluding carboxylic acids is 1. The quantitative estimate of drug-likeness (QED) is 0.195. The number of hydrogen-bond donors (Lipinski definition) is 1. The molecule has 11 heteroatoms. The van der Waals surface area contributed by atoms with Gasteiger partial charge in [-0.05, 0) is 49.4 Å². The van der Waals surface area contributed by atoms with Crippen LogP contribution in [0.1, 0.15) is 44.9 Å². The lowest BCUT2D eigenvalue weighted by Gasteiger charge is -2.32. The van der Waals surface area contributed by atoms with Gasteiger partial charge in [0, 0.05) is 33.1 Å². The zero-order chi connectivity index (χ0) is 29.1. The summed E-state index contributed by atoms with van der Waals surface area (Å²) in [6.07, 6.45) is 2.95. The fourth-order valence-corrected chi connectivity index (χ4v) is 5.57. The van der Waals surface area contributed by atoms with Crippen molar-refractivity contribution in [1.82, 2.24) is 14.8 Å². The third-order valence-corrected chi connectivity index (χ3v) is 8.07. The van der Waals surface area contributed by atoms with Gasteiger partial charge in [-0.3, -0.25) is 4.79 Å². The smallest absolute Gasteiger partial charge is 0.265 e. The first-order valence-corrected chi connectivity index (χ1v) is 13.7. The number of rotatable bonds is 9. The number of Topliss-reactive ketones (excluding diaryl/α,β-unsaturated/α-hetero) is 1. The third-order valence-electron chi connectivity index (χ3n) is 7.05. The Morgan fingerprint density at radius 3 is 2.55 bits per heavy atom. The first-order valence-electron chi connectivity index (χ1n) is 12.8. The van der Waals surface area contributed by atoms with E-state index in [2.05, 4.69) is 5.10 Å². The van der Waals surface area contributed by atoms with Crippen molar-refractivity contribution in [3.8, 4) is 17.3 Å². The molecule has 0 amide bonds. The van der Waals surface area contributed by atoms with Crippen LogP contribution < -0.4 is 21.5 Å². The first-order chi connectivity index (χ1) is 19.7. The van der Waals surface area contributed by atoms with Crippen LogP contribution in [0.25, 0.3) is 11.3 Å². The number of nitrogens with zero attached hydrogens (tertiary/aromatic N) is 5. The fraction of sp³-hybridized carbons (Fsp3) is 0.194. The number of nitriles is 1. The minimum Gasteiger partial charge on any atom is -1.00 e. The summed E-state index contributed by atoms with van der Waals surface area (Å²) >= 11 is 1.33. The Bertz CT molecular complexity index is 1750. The summed E-state index contributed by atoms with van der Waals surface area (Å²) in [7, 11) is 0. The Balaban J connectivity index is 0.00000405. The summed E-state index contributed by atoms with van der Waals surface area (Å²) in [6, 6.07) is 19.2. The number of benzene rings is 3. The molecule has 0 unspecified atom stereocenters. The lowest BCUT2D eigenvalue weighted by Crippen LogP contribution is -3.00. The second kappa shape index (κ2) is 12.8. The lowest BCUT2D eigenvalue weighted by atomic mass is 9.82. The molecule has 7 nitrogen and oxygen atoms in total. The highest BCUT2D eigenvalue weighted by Gasteiger charge is 2.43. The summed E-state index contributed by atoms with van der Waals surface area (Å²) < 4.78 is 32.4. The fourth-order valence-electron chi connectivity index (χ4n) is 4.59. The summed E-state index contributed by atoms with van der Waals surface area (Å²) in [5.41, 5.74) is 1.48. The Morgan fingerprint density at radius 2 is 1.86 bits per heavy atom. The molecule has 0 radical (unpaired) electrons. The van der Waals surface area contributed by atoms with Crippen LogP contribution >= 0.6 is 11.3 Å². The zero-order valence-electron chi connectivity index (χ0n) is 22.7. The van der Waals surface area contributed by atoms with Crippen molar-refractivity contribution in [2.24, 2.45) is 0 Å². The van der Waals surface area contributed by atoms with Gasteiger partial charge < -0.3 is 22.1 Å². The maximum absolute atomic E-state index is 15.1. The lowest BCUT2D eigenvalue weighted by molar-refractivity contribution is -0.684. The molecule has 214 valence electrons. The standard InChI is InChI=1S/C31H26F2N5O2S.BrH/c1-20-3-7-23(8-4-20)28-16-41-30(36-28)21(2)31(40,26-13-25(32)11-12-27(26)33)17-38-19-37(18-35-38)15-29(39)24-9-5-22(14-34)6-10-24;/h3-13,16,18-19,21,40H,15,17H2,1-2H3;1H/q+1;/p-1/t21-,31+;/m0./s1. The van der Waals surface area contributed by atoms with Crippen LogP contribution in [0.5, 0.6) is 0 Å². The van der Waals surface area contributed by atoms with Gasteiger partial charge in [-0.15, -0.1) is 16.0 Å². The summed E-state index contributed by atoms with van der Waals surface area (Å²) in [4.78, 5) is 17.5. The van der Waals surface area contributed by atoms with E-state index in [1.807, 2.05) is 42.6 Å². The molecule has 0 aliphatic carbocycles. The number of aryl methyl sites for hydroxylation is 1. The Labute approximate surface area is 256 Å². The molecule has 1 N–H and O–H groups in total. The SMILES string of the molecule is Cc1ccc(-c2csc([C@H](C)[C@](O)(Cn3c[n+](CC(=O)c4ccc(C#N)cc4)cn3)c3cc(F)ccc3F)n2)cc1.[Br-]. The van der Waals surface area contributed by atoms with E-state index in [-0.39, 0.29) is 41.4 Å². The molecule has 2 atom stereocenters. The maximum atomic E-state index is 15.1. The third kappa shape index (κ3) is 6.51. The number of aromatic nitrogens is 4. The monoisotopic (exact) mass is 649 g/mol. The van der Waals surface area contributed by atoms with Crippen LogP contribution in [0.2, 0.25) is 0 Å². The van der Waals surface area contributed by atoms with E-state index >= 15 is 4.39 Å². The van der Waals surface area contributed by atoms with Gasteiger partial charge in [-0.25, -0.2) is 18.3 Å². The van der Waals surface area contributed by atoms with Gasteiger partial charge in [0.2, 0.25) is 6.33 Å². The van der Waals surface area contributed by atoms with Crippen LogP contribution in [0, 0.1) is 29.9 Å². The van der Waals surface area contributed by atoms with Crippen molar-refractivity contribution in [1.29, 1.82) is 5.26 Å². The van der Waals surface area contributed by atoms with Crippen LogP contribution in [0.3, 0.4) is 0 Å². The topological polar surface area (TPSA) is 95.7 Å². The first kappa shape index (κ1) is 30.8. The van der Waals surface area contributed by atoms with Gasteiger partial charge in [0.15, 0.2) is 5.78 Å². The normalized spacial score (nSPS) is 13.0. The molecule has 42 heavy (non-hydrogen) atoms. The van der Waals surface area contributed by atoms with E-state index < -0.39 is 23.2 Å². The highest BCUT2D eigenvalue weighted by atomic mass is 79.9. The molecule has 0 aliphatic heterocycles. The number of aliphatic hydroxyl groups is 1. The molecule has 3 aromatic carbocycles. The summed E-state index contributed by atoms with van der Waals surface area (Å²) in [5, 5.41) is 27.8. The Kier molecular flexibility index (Phi) is 9.41. The summed E-state index contributed by atoms with van der Waals surface area (Å²) in [5.74, 6) is -2.40. The minimum absolute atomic E-state index is 0. The minimum atomic E-state index is -1.93. The van der Waals surface area contributed by atoms with Crippen molar-refractivity contribution in [3.05, 3.63) is 124 Å². The highest BCUT2D eigenvalue weighted by Crippen LogP contribution is 2.41. The van der Waals surface area contributed by atoms with Gasteiger partial charge in [0.05, 0.1) is 22.3 Å². The van der Waals surface area contributed by atoms with E-state index in [9.17, 15) is 14.3 Å². The van der Waals surface area contributed by atoms with E-state index in [4.69, 9.17) is 10.2 Å². The average Bonchev–Trinajstić information content (AvgIpc) is 3.64. The second-order valence-corrected chi connectivity index (χ2v) is 10.8. The van der Waals surface area contributed by atoms with E-state index in [1.54, 1.807) is 31.2 Å². The van der Waals surface area contributed by atoms with Crippen LogP contribution in [-0.4, -0.2) is 25.7 Å². The molecular weight excluding hydrogens is 624 g/mol. The molecule has 2 heterocycles. The molecule has 5 rings (SSSR count). The van der Waals surface area contributed by atoms with E-state index in [0.29, 0.717) is 16.1 Å². The maximum Gasteiger partial charge on any atom is 0.265 e. The van der Waals surface area contributed by atoms with Gasteiger partial charge >= 0.3 is 0 Å². The highest BCUT2D eigenvalue weighted by molar-refractivity contribution is 7.10. The van der Waals surface area contributed by atoms with Crippen molar-refractivity contribution in [2.45, 2.75) is 38.5 Å². The van der Waals surface area contributed by atoms with Gasteiger partial charge in [-0.2, -0.15) is 5.26 Å². The van der Waals surface area contributed by atoms with E-state index in [0.717, 1.165) is 35.0 Å².